The van der Waals surface area contributed by atoms with Gasteiger partial charge < -0.3 is 10.4 Å². The van der Waals surface area contributed by atoms with Crippen molar-refractivity contribution in [3.63, 3.8) is 0 Å². The first-order chi connectivity index (χ1) is 9.19. The predicted molar refractivity (Wildman–Crippen MR) is 83.5 cm³/mol. The van der Waals surface area contributed by atoms with E-state index in [9.17, 15) is 5.11 Å². The predicted octanol–water partition coefficient (Wildman–Crippen LogP) is 4.27. The van der Waals surface area contributed by atoms with Crippen LogP contribution in [-0.2, 0) is 0 Å². The van der Waals surface area contributed by atoms with Gasteiger partial charge in [-0.15, -0.1) is 0 Å². The monoisotopic (exact) mass is 261 g/mol. The Labute approximate surface area is 117 Å². The quantitative estimate of drug-likeness (QED) is 0.685. The third kappa shape index (κ3) is 5.48. The van der Waals surface area contributed by atoms with E-state index in [0.29, 0.717) is 5.75 Å². The van der Waals surface area contributed by atoms with E-state index >= 15 is 0 Å². The molecule has 0 aliphatic carbocycles. The second kappa shape index (κ2) is 8.76. The Bertz CT molecular complexity index is 410. The summed E-state index contributed by atoms with van der Waals surface area (Å²) in [5.41, 5.74) is 3.77. The van der Waals surface area contributed by atoms with Crippen LogP contribution in [0.1, 0.15) is 50.7 Å². The number of hydrogen-bond donors (Lipinski definition) is 2. The number of unbranched alkanes of at least 4 members (excludes halogenated alkanes) is 1. The molecule has 2 heteroatoms. The van der Waals surface area contributed by atoms with Crippen molar-refractivity contribution in [3.8, 4) is 5.75 Å². The first-order valence-electron chi connectivity index (χ1n) is 7.38. The van der Waals surface area contributed by atoms with Crippen LogP contribution in [0.5, 0.6) is 5.75 Å². The molecule has 0 atom stereocenters. The Balaban J connectivity index is 2.80. The number of benzene rings is 1. The second-order valence-corrected chi connectivity index (χ2v) is 5.02. The van der Waals surface area contributed by atoms with Gasteiger partial charge in [-0.2, -0.15) is 0 Å². The highest BCUT2D eigenvalue weighted by Gasteiger charge is 2.06. The van der Waals surface area contributed by atoms with E-state index in [2.05, 4.69) is 32.2 Å². The molecule has 0 radical (unpaired) electrons. The van der Waals surface area contributed by atoms with Gasteiger partial charge in [0.05, 0.1) is 0 Å². The summed E-state index contributed by atoms with van der Waals surface area (Å²) in [4.78, 5) is 0. The van der Waals surface area contributed by atoms with Crippen molar-refractivity contribution >= 4 is 5.57 Å². The Kier molecular flexibility index (Phi) is 7.27. The summed E-state index contributed by atoms with van der Waals surface area (Å²) < 4.78 is 0. The third-order valence-corrected chi connectivity index (χ3v) is 3.24. The molecule has 0 saturated carbocycles. The molecule has 0 unspecified atom stereocenters. The molecule has 2 nitrogen and oxygen atoms in total. The largest absolute Gasteiger partial charge is 0.508 e. The zero-order valence-electron chi connectivity index (χ0n) is 12.5. The van der Waals surface area contributed by atoms with E-state index < -0.39 is 0 Å². The molecule has 0 aliphatic rings. The van der Waals surface area contributed by atoms with Gasteiger partial charge in [-0.1, -0.05) is 32.4 Å². The Morgan fingerprint density at radius 2 is 2.00 bits per heavy atom. The number of aromatic hydroxyl groups is 1. The summed E-state index contributed by atoms with van der Waals surface area (Å²) in [6.45, 7) is 8.55. The van der Waals surface area contributed by atoms with Gasteiger partial charge in [0.1, 0.15) is 5.75 Å². The fourth-order valence-corrected chi connectivity index (χ4v) is 2.15. The molecular formula is C17H27NO. The van der Waals surface area contributed by atoms with E-state index in [1.807, 2.05) is 12.1 Å². The summed E-state index contributed by atoms with van der Waals surface area (Å²) in [5, 5.41) is 13.1. The fourth-order valence-electron chi connectivity index (χ4n) is 2.15. The Morgan fingerprint density at radius 3 is 2.68 bits per heavy atom. The molecule has 0 amide bonds. The molecule has 0 aliphatic heterocycles. The topological polar surface area (TPSA) is 32.3 Å². The van der Waals surface area contributed by atoms with E-state index in [1.54, 1.807) is 6.07 Å². The summed E-state index contributed by atoms with van der Waals surface area (Å²) >= 11 is 0. The smallest absolute Gasteiger partial charge is 0.116 e. The molecule has 0 heterocycles. The Hall–Kier alpha value is -1.28. The SMILES string of the molecule is CCC/C=C(/CCNCCC)c1cc(O)ccc1C. The zero-order valence-corrected chi connectivity index (χ0v) is 12.5. The van der Waals surface area contributed by atoms with Gasteiger partial charge in [-0.3, -0.25) is 0 Å². The molecule has 19 heavy (non-hydrogen) atoms. The van der Waals surface area contributed by atoms with E-state index in [1.165, 1.54) is 23.1 Å². The lowest BCUT2D eigenvalue weighted by molar-refractivity contribution is 0.475. The number of hydrogen-bond acceptors (Lipinski definition) is 2. The fraction of sp³-hybridized carbons (Fsp3) is 0.529. The minimum atomic E-state index is 0.351. The standard InChI is InChI=1S/C17H27NO/c1-4-6-7-15(10-12-18-11-5-2)17-13-16(19)9-8-14(17)3/h7-9,13,18-19H,4-6,10-12H2,1-3H3/b15-7-. The highest BCUT2D eigenvalue weighted by atomic mass is 16.3. The molecule has 1 aromatic carbocycles. The number of allylic oxidation sites excluding steroid dienone is 1. The second-order valence-electron chi connectivity index (χ2n) is 5.02. The molecule has 0 saturated heterocycles. The molecule has 1 aromatic rings. The average molecular weight is 261 g/mol. The minimum Gasteiger partial charge on any atom is -0.508 e. The summed E-state index contributed by atoms with van der Waals surface area (Å²) in [6.07, 6.45) is 6.75. The molecule has 2 N–H and O–H groups in total. The summed E-state index contributed by atoms with van der Waals surface area (Å²) in [7, 11) is 0. The number of nitrogens with one attached hydrogen (secondary N) is 1. The van der Waals surface area contributed by atoms with Crippen LogP contribution in [0.25, 0.3) is 5.57 Å². The van der Waals surface area contributed by atoms with Crippen LogP contribution >= 0.6 is 0 Å². The van der Waals surface area contributed by atoms with Crippen LogP contribution in [-0.4, -0.2) is 18.2 Å². The van der Waals surface area contributed by atoms with Crippen molar-refractivity contribution in [2.75, 3.05) is 13.1 Å². The van der Waals surface area contributed by atoms with Crippen LogP contribution in [0.3, 0.4) is 0 Å². The van der Waals surface area contributed by atoms with Gasteiger partial charge >= 0.3 is 0 Å². The highest BCUT2D eigenvalue weighted by Crippen LogP contribution is 2.26. The van der Waals surface area contributed by atoms with Crippen LogP contribution < -0.4 is 5.32 Å². The van der Waals surface area contributed by atoms with Crippen molar-refractivity contribution in [2.45, 2.75) is 46.5 Å². The maximum atomic E-state index is 9.68. The first-order valence-corrected chi connectivity index (χ1v) is 7.38. The lowest BCUT2D eigenvalue weighted by atomic mass is 9.96. The van der Waals surface area contributed by atoms with Gasteiger partial charge in [0, 0.05) is 0 Å². The molecule has 0 fully saturated rings. The van der Waals surface area contributed by atoms with Crippen molar-refractivity contribution in [1.82, 2.24) is 5.32 Å². The van der Waals surface area contributed by atoms with Gasteiger partial charge in [0.2, 0.25) is 0 Å². The normalized spacial score (nSPS) is 11.8. The molecule has 0 aromatic heterocycles. The number of phenols is 1. The van der Waals surface area contributed by atoms with Crippen molar-refractivity contribution < 1.29 is 5.11 Å². The Morgan fingerprint density at radius 1 is 1.21 bits per heavy atom. The van der Waals surface area contributed by atoms with E-state index in [-0.39, 0.29) is 0 Å². The number of phenolic OH excluding ortho intramolecular Hbond substituents is 1. The molecular weight excluding hydrogens is 234 g/mol. The first kappa shape index (κ1) is 15.8. The van der Waals surface area contributed by atoms with Gasteiger partial charge in [0.15, 0.2) is 0 Å². The summed E-state index contributed by atoms with van der Waals surface area (Å²) in [6, 6.07) is 5.63. The molecule has 0 spiro atoms. The molecule has 1 rings (SSSR count). The van der Waals surface area contributed by atoms with Crippen LogP contribution in [0.4, 0.5) is 0 Å². The highest BCUT2D eigenvalue weighted by molar-refractivity contribution is 5.69. The van der Waals surface area contributed by atoms with Crippen molar-refractivity contribution in [1.29, 1.82) is 0 Å². The third-order valence-electron chi connectivity index (χ3n) is 3.24. The van der Waals surface area contributed by atoms with Crippen molar-refractivity contribution in [2.24, 2.45) is 0 Å². The zero-order chi connectivity index (χ0) is 14.1. The van der Waals surface area contributed by atoms with Crippen LogP contribution in [0, 0.1) is 6.92 Å². The lowest BCUT2D eigenvalue weighted by Crippen LogP contribution is -2.16. The van der Waals surface area contributed by atoms with Crippen LogP contribution in [0.2, 0.25) is 0 Å². The maximum absolute atomic E-state index is 9.68. The number of aryl methyl sites for hydroxylation is 1. The van der Waals surface area contributed by atoms with Gasteiger partial charge in [-0.25, -0.2) is 0 Å². The average Bonchev–Trinajstić information content (AvgIpc) is 2.41. The van der Waals surface area contributed by atoms with Crippen LogP contribution in [0.15, 0.2) is 24.3 Å². The van der Waals surface area contributed by atoms with Gasteiger partial charge in [0.25, 0.3) is 0 Å². The number of rotatable bonds is 8. The minimum absolute atomic E-state index is 0.351. The van der Waals surface area contributed by atoms with Gasteiger partial charge in [-0.05, 0) is 68.1 Å². The van der Waals surface area contributed by atoms with E-state index in [4.69, 9.17) is 0 Å². The summed E-state index contributed by atoms with van der Waals surface area (Å²) in [5.74, 6) is 0.351. The lowest BCUT2D eigenvalue weighted by Gasteiger charge is -2.12. The van der Waals surface area contributed by atoms with Crippen molar-refractivity contribution in [3.05, 3.63) is 35.4 Å². The van der Waals surface area contributed by atoms with E-state index in [0.717, 1.165) is 32.4 Å². The molecule has 0 bridgehead atoms. The maximum Gasteiger partial charge on any atom is 0.116 e. The molecule has 106 valence electrons.